The molecule has 2 rings (SSSR count). The second-order valence-electron chi connectivity index (χ2n) is 4.76. The Morgan fingerprint density at radius 1 is 1.05 bits per heavy atom. The zero-order chi connectivity index (χ0) is 14.4. The zero-order valence-electron chi connectivity index (χ0n) is 11.6. The number of hydrogen-bond acceptors (Lipinski definition) is 2. The molecule has 20 heavy (non-hydrogen) atoms. The first-order valence-corrected chi connectivity index (χ1v) is 6.84. The van der Waals surface area contributed by atoms with Crippen LogP contribution in [0, 0.1) is 5.82 Å². The molecule has 1 atom stereocenters. The third-order valence-corrected chi connectivity index (χ3v) is 3.08. The number of aliphatic hydroxyl groups is 1. The summed E-state index contributed by atoms with van der Waals surface area (Å²) in [4.78, 5) is 0. The summed E-state index contributed by atoms with van der Waals surface area (Å²) in [5, 5.41) is 10.2. The summed E-state index contributed by atoms with van der Waals surface area (Å²) in [5.41, 5.74) is 1.74. The van der Waals surface area contributed by atoms with Crippen LogP contribution in [-0.4, -0.2) is 11.7 Å². The number of benzene rings is 2. The Labute approximate surface area is 118 Å². The monoisotopic (exact) mass is 274 g/mol. The molecule has 2 aromatic rings. The summed E-state index contributed by atoms with van der Waals surface area (Å²) >= 11 is 0. The molecule has 0 amide bonds. The number of ether oxygens (including phenoxy) is 1. The van der Waals surface area contributed by atoms with Crippen LogP contribution < -0.4 is 4.74 Å². The number of aliphatic hydroxyl groups excluding tert-OH is 1. The van der Waals surface area contributed by atoms with Crippen LogP contribution in [0.15, 0.2) is 48.5 Å². The number of halogens is 1. The maximum Gasteiger partial charge on any atom is 0.123 e. The van der Waals surface area contributed by atoms with Crippen molar-refractivity contribution in [2.75, 3.05) is 6.61 Å². The highest BCUT2D eigenvalue weighted by Gasteiger charge is 2.09. The van der Waals surface area contributed by atoms with Crippen LogP contribution in [0.2, 0.25) is 0 Å². The van der Waals surface area contributed by atoms with Gasteiger partial charge in [-0.15, -0.1) is 0 Å². The van der Waals surface area contributed by atoms with Gasteiger partial charge >= 0.3 is 0 Å². The molecule has 0 heterocycles. The molecule has 0 bridgehead atoms. The lowest BCUT2D eigenvalue weighted by atomic mass is 10.0. The Bertz CT molecular complexity index is 520. The van der Waals surface area contributed by atoms with Crippen molar-refractivity contribution in [3.05, 3.63) is 65.5 Å². The van der Waals surface area contributed by atoms with Crippen LogP contribution >= 0.6 is 0 Å². The minimum atomic E-state index is -0.597. The minimum Gasteiger partial charge on any atom is -0.494 e. The molecule has 0 aliphatic rings. The van der Waals surface area contributed by atoms with Gasteiger partial charge in [0.15, 0.2) is 0 Å². The molecule has 0 saturated heterocycles. The quantitative estimate of drug-likeness (QED) is 0.866. The standard InChI is InChI=1S/C17H19FO2/c1-2-11-20-16-9-5-14(6-10-16)17(19)12-13-3-7-15(18)8-4-13/h3-10,17,19H,2,11-12H2,1H3. The zero-order valence-corrected chi connectivity index (χ0v) is 11.6. The predicted octanol–water partition coefficient (Wildman–Crippen LogP) is 3.89. The normalized spacial score (nSPS) is 12.2. The first-order valence-electron chi connectivity index (χ1n) is 6.84. The molecule has 3 heteroatoms. The van der Waals surface area contributed by atoms with Crippen LogP contribution in [0.1, 0.15) is 30.6 Å². The molecule has 0 aliphatic heterocycles. The highest BCUT2D eigenvalue weighted by atomic mass is 19.1. The molecule has 0 aliphatic carbocycles. The highest BCUT2D eigenvalue weighted by Crippen LogP contribution is 2.21. The summed E-state index contributed by atoms with van der Waals surface area (Å²) in [6.07, 6.45) is 0.838. The van der Waals surface area contributed by atoms with Crippen molar-refractivity contribution in [3.8, 4) is 5.75 Å². The first-order chi connectivity index (χ1) is 9.69. The van der Waals surface area contributed by atoms with E-state index < -0.39 is 6.10 Å². The molecule has 1 N–H and O–H groups in total. The van der Waals surface area contributed by atoms with Crippen LogP contribution in [-0.2, 0) is 6.42 Å². The fourth-order valence-corrected chi connectivity index (χ4v) is 1.97. The average Bonchev–Trinajstić information content (AvgIpc) is 2.48. The van der Waals surface area contributed by atoms with E-state index in [-0.39, 0.29) is 5.82 Å². The van der Waals surface area contributed by atoms with Crippen molar-refractivity contribution in [1.29, 1.82) is 0 Å². The molecule has 0 spiro atoms. The van der Waals surface area contributed by atoms with Gasteiger partial charge in [0.2, 0.25) is 0 Å². The lowest BCUT2D eigenvalue weighted by Gasteiger charge is -2.12. The van der Waals surface area contributed by atoms with E-state index in [9.17, 15) is 9.50 Å². The van der Waals surface area contributed by atoms with Gasteiger partial charge in [-0.2, -0.15) is 0 Å². The van der Waals surface area contributed by atoms with Crippen LogP contribution in [0.3, 0.4) is 0 Å². The van der Waals surface area contributed by atoms with Crippen molar-refractivity contribution >= 4 is 0 Å². The number of hydrogen-bond donors (Lipinski definition) is 1. The molecule has 0 aromatic heterocycles. The third-order valence-electron chi connectivity index (χ3n) is 3.08. The molecule has 2 aromatic carbocycles. The topological polar surface area (TPSA) is 29.5 Å². The van der Waals surface area contributed by atoms with Crippen LogP contribution in [0.4, 0.5) is 4.39 Å². The van der Waals surface area contributed by atoms with Gasteiger partial charge in [0.1, 0.15) is 11.6 Å². The fraction of sp³-hybridized carbons (Fsp3) is 0.294. The van der Waals surface area contributed by atoms with Gasteiger partial charge < -0.3 is 9.84 Å². The summed E-state index contributed by atoms with van der Waals surface area (Å²) in [5.74, 6) is 0.547. The SMILES string of the molecule is CCCOc1ccc(C(O)Cc2ccc(F)cc2)cc1. The van der Waals surface area contributed by atoms with Crippen molar-refractivity contribution < 1.29 is 14.2 Å². The van der Waals surface area contributed by atoms with E-state index in [1.54, 1.807) is 12.1 Å². The highest BCUT2D eigenvalue weighted by molar-refractivity contribution is 5.29. The van der Waals surface area contributed by atoms with Crippen molar-refractivity contribution in [3.63, 3.8) is 0 Å². The van der Waals surface area contributed by atoms with Crippen molar-refractivity contribution in [2.24, 2.45) is 0 Å². The predicted molar refractivity (Wildman–Crippen MR) is 77.3 cm³/mol. The van der Waals surface area contributed by atoms with Gasteiger partial charge in [0.25, 0.3) is 0 Å². The second-order valence-corrected chi connectivity index (χ2v) is 4.76. The van der Waals surface area contributed by atoms with E-state index >= 15 is 0 Å². The third kappa shape index (κ3) is 4.07. The molecule has 0 saturated carbocycles. The molecule has 2 nitrogen and oxygen atoms in total. The Morgan fingerprint density at radius 3 is 2.30 bits per heavy atom. The van der Waals surface area contributed by atoms with Crippen LogP contribution in [0.25, 0.3) is 0 Å². The van der Waals surface area contributed by atoms with Crippen molar-refractivity contribution in [1.82, 2.24) is 0 Å². The summed E-state index contributed by atoms with van der Waals surface area (Å²) in [6, 6.07) is 13.6. The first kappa shape index (κ1) is 14.5. The van der Waals surface area contributed by atoms with E-state index in [0.29, 0.717) is 13.0 Å². The van der Waals surface area contributed by atoms with Gasteiger partial charge in [-0.3, -0.25) is 0 Å². The maximum atomic E-state index is 12.8. The summed E-state index contributed by atoms with van der Waals surface area (Å²) < 4.78 is 18.3. The summed E-state index contributed by atoms with van der Waals surface area (Å²) in [7, 11) is 0. The molecule has 0 fully saturated rings. The number of rotatable bonds is 6. The Hall–Kier alpha value is -1.87. The second kappa shape index (κ2) is 7.06. The largest absolute Gasteiger partial charge is 0.494 e. The molecular weight excluding hydrogens is 255 g/mol. The fourth-order valence-electron chi connectivity index (χ4n) is 1.97. The lowest BCUT2D eigenvalue weighted by molar-refractivity contribution is 0.178. The van der Waals surface area contributed by atoms with Crippen molar-refractivity contribution in [2.45, 2.75) is 25.9 Å². The van der Waals surface area contributed by atoms with Gasteiger partial charge in [-0.1, -0.05) is 31.2 Å². The van der Waals surface area contributed by atoms with E-state index in [1.807, 2.05) is 24.3 Å². The molecular formula is C17H19FO2. The van der Waals surface area contributed by atoms with E-state index in [4.69, 9.17) is 4.74 Å². The Balaban J connectivity index is 1.98. The van der Waals surface area contributed by atoms with Crippen LogP contribution in [0.5, 0.6) is 5.75 Å². The molecule has 1 unspecified atom stereocenters. The minimum absolute atomic E-state index is 0.263. The summed E-state index contributed by atoms with van der Waals surface area (Å²) in [6.45, 7) is 2.75. The van der Waals surface area contributed by atoms with E-state index in [2.05, 4.69) is 6.92 Å². The smallest absolute Gasteiger partial charge is 0.123 e. The van der Waals surface area contributed by atoms with E-state index in [0.717, 1.165) is 23.3 Å². The lowest BCUT2D eigenvalue weighted by Crippen LogP contribution is -2.02. The Morgan fingerprint density at radius 2 is 1.70 bits per heavy atom. The Kier molecular flexibility index (Phi) is 5.13. The molecule has 106 valence electrons. The van der Waals surface area contributed by atoms with Gasteiger partial charge in [-0.05, 0) is 41.8 Å². The van der Waals surface area contributed by atoms with Gasteiger partial charge in [0, 0.05) is 6.42 Å². The van der Waals surface area contributed by atoms with Gasteiger partial charge in [-0.25, -0.2) is 4.39 Å². The average molecular weight is 274 g/mol. The maximum absolute atomic E-state index is 12.8. The van der Waals surface area contributed by atoms with E-state index in [1.165, 1.54) is 12.1 Å². The van der Waals surface area contributed by atoms with Gasteiger partial charge in [0.05, 0.1) is 12.7 Å². The molecule has 0 radical (unpaired) electrons.